The molecule has 3 heteroatoms. The molecule has 0 aliphatic rings. The first-order valence-electron chi connectivity index (χ1n) is 6.21. The van der Waals surface area contributed by atoms with Gasteiger partial charge >= 0.3 is 0 Å². The molecule has 0 amide bonds. The molecular weight excluding hydrogens is 234 g/mol. The predicted octanol–water partition coefficient (Wildman–Crippen LogP) is 3.43. The molecule has 19 heavy (non-hydrogen) atoms. The minimum Gasteiger partial charge on any atom is -0.369 e. The molecule has 0 bridgehead atoms. The molecule has 0 aliphatic carbocycles. The second kappa shape index (κ2) is 4.61. The van der Waals surface area contributed by atoms with Gasteiger partial charge in [0.25, 0.3) is 0 Å². The average Bonchev–Trinajstić information content (AvgIpc) is 2.87. The second-order valence-electron chi connectivity index (χ2n) is 4.52. The fourth-order valence-electron chi connectivity index (χ4n) is 2.22. The normalized spacial score (nSPS) is 10.6. The molecule has 0 saturated heterocycles. The highest BCUT2D eigenvalue weighted by Crippen LogP contribution is 2.26. The van der Waals surface area contributed by atoms with Crippen LogP contribution in [0, 0.1) is 6.92 Å². The zero-order chi connectivity index (χ0) is 13.2. The van der Waals surface area contributed by atoms with E-state index in [-0.39, 0.29) is 0 Å². The van der Waals surface area contributed by atoms with Crippen molar-refractivity contribution in [2.24, 2.45) is 0 Å². The van der Waals surface area contributed by atoms with Gasteiger partial charge in [0.05, 0.1) is 0 Å². The quantitative estimate of drug-likeness (QED) is 0.756. The Kier molecular flexibility index (Phi) is 2.80. The minimum atomic E-state index is 0.503. The van der Waals surface area contributed by atoms with Gasteiger partial charge in [-0.2, -0.15) is 0 Å². The third kappa shape index (κ3) is 2.10. The fourth-order valence-corrected chi connectivity index (χ4v) is 2.22. The summed E-state index contributed by atoms with van der Waals surface area (Å²) in [5.74, 6) is 0.503. The summed E-state index contributed by atoms with van der Waals surface area (Å²) >= 11 is 0. The Morgan fingerprint density at radius 2 is 1.84 bits per heavy atom. The van der Waals surface area contributed by atoms with Gasteiger partial charge in [0, 0.05) is 18.1 Å². The highest BCUT2D eigenvalue weighted by Gasteiger charge is 2.06. The van der Waals surface area contributed by atoms with E-state index in [0.717, 1.165) is 5.69 Å². The monoisotopic (exact) mass is 249 g/mol. The maximum Gasteiger partial charge on any atom is 0.204 e. The van der Waals surface area contributed by atoms with Crippen molar-refractivity contribution in [2.75, 3.05) is 5.73 Å². The van der Waals surface area contributed by atoms with Crippen molar-refractivity contribution in [3.8, 4) is 16.8 Å². The van der Waals surface area contributed by atoms with Crippen LogP contribution in [0.5, 0.6) is 0 Å². The zero-order valence-electron chi connectivity index (χ0n) is 10.7. The van der Waals surface area contributed by atoms with Crippen molar-refractivity contribution in [3.63, 3.8) is 0 Å². The molecule has 0 saturated carbocycles. The molecule has 2 aromatic carbocycles. The van der Waals surface area contributed by atoms with Crippen LogP contribution in [-0.2, 0) is 0 Å². The van der Waals surface area contributed by atoms with Crippen LogP contribution in [-0.4, -0.2) is 9.55 Å². The smallest absolute Gasteiger partial charge is 0.204 e. The Labute approximate surface area is 112 Å². The lowest BCUT2D eigenvalue weighted by Crippen LogP contribution is -2.00. The maximum absolute atomic E-state index is 5.85. The number of hydrogen-bond donors (Lipinski definition) is 1. The third-order valence-corrected chi connectivity index (χ3v) is 3.25. The van der Waals surface area contributed by atoms with Gasteiger partial charge < -0.3 is 5.73 Å². The summed E-state index contributed by atoms with van der Waals surface area (Å²) in [6, 6.07) is 16.7. The van der Waals surface area contributed by atoms with Gasteiger partial charge in [-0.1, -0.05) is 36.4 Å². The third-order valence-electron chi connectivity index (χ3n) is 3.25. The number of hydrogen-bond acceptors (Lipinski definition) is 2. The van der Waals surface area contributed by atoms with E-state index in [0.29, 0.717) is 5.95 Å². The summed E-state index contributed by atoms with van der Waals surface area (Å²) < 4.78 is 1.88. The highest BCUT2D eigenvalue weighted by atomic mass is 15.1. The van der Waals surface area contributed by atoms with Crippen LogP contribution in [0.1, 0.15) is 5.56 Å². The summed E-state index contributed by atoms with van der Waals surface area (Å²) in [5, 5.41) is 0. The van der Waals surface area contributed by atoms with Gasteiger partial charge in [0.2, 0.25) is 5.95 Å². The molecule has 0 aliphatic heterocycles. The minimum absolute atomic E-state index is 0.503. The molecule has 0 atom stereocenters. The van der Waals surface area contributed by atoms with E-state index in [1.54, 1.807) is 6.20 Å². The van der Waals surface area contributed by atoms with Crippen molar-refractivity contribution >= 4 is 5.95 Å². The average molecular weight is 249 g/mol. The van der Waals surface area contributed by atoms with Gasteiger partial charge in [-0.3, -0.25) is 4.57 Å². The molecule has 0 radical (unpaired) electrons. The number of aryl methyl sites for hydroxylation is 1. The van der Waals surface area contributed by atoms with E-state index >= 15 is 0 Å². The summed E-state index contributed by atoms with van der Waals surface area (Å²) in [6.07, 6.45) is 3.58. The number of aromatic nitrogens is 2. The summed E-state index contributed by atoms with van der Waals surface area (Å²) in [6.45, 7) is 2.11. The molecule has 3 aromatic rings. The van der Waals surface area contributed by atoms with E-state index in [1.807, 2.05) is 29.0 Å². The van der Waals surface area contributed by atoms with E-state index in [2.05, 4.69) is 42.2 Å². The van der Waals surface area contributed by atoms with Gasteiger partial charge in [0.1, 0.15) is 0 Å². The molecular formula is C16H15N3. The van der Waals surface area contributed by atoms with Crippen LogP contribution in [0.25, 0.3) is 16.8 Å². The fraction of sp³-hybridized carbons (Fsp3) is 0.0625. The highest BCUT2D eigenvalue weighted by molar-refractivity contribution is 5.69. The Balaban J connectivity index is 2.14. The van der Waals surface area contributed by atoms with Crippen molar-refractivity contribution in [3.05, 3.63) is 66.5 Å². The number of benzene rings is 2. The second-order valence-corrected chi connectivity index (χ2v) is 4.52. The number of nitrogens with two attached hydrogens (primary N) is 1. The molecule has 94 valence electrons. The van der Waals surface area contributed by atoms with Crippen molar-refractivity contribution in [1.29, 1.82) is 0 Å². The van der Waals surface area contributed by atoms with Crippen LogP contribution in [0.4, 0.5) is 5.95 Å². The number of anilines is 1. The van der Waals surface area contributed by atoms with E-state index in [4.69, 9.17) is 5.73 Å². The summed E-state index contributed by atoms with van der Waals surface area (Å²) in [5.41, 5.74) is 10.5. The van der Waals surface area contributed by atoms with Crippen molar-refractivity contribution < 1.29 is 0 Å². The Morgan fingerprint density at radius 1 is 1.05 bits per heavy atom. The van der Waals surface area contributed by atoms with Gasteiger partial charge in [-0.15, -0.1) is 0 Å². The van der Waals surface area contributed by atoms with Crippen LogP contribution in [0.2, 0.25) is 0 Å². The van der Waals surface area contributed by atoms with Gasteiger partial charge in [0.15, 0.2) is 0 Å². The predicted molar refractivity (Wildman–Crippen MR) is 78.1 cm³/mol. The van der Waals surface area contributed by atoms with Gasteiger partial charge in [-0.05, 0) is 35.7 Å². The molecule has 1 aromatic heterocycles. The van der Waals surface area contributed by atoms with Crippen LogP contribution < -0.4 is 5.73 Å². The van der Waals surface area contributed by atoms with Crippen molar-refractivity contribution in [1.82, 2.24) is 9.55 Å². The lowest BCUT2D eigenvalue weighted by molar-refractivity contribution is 1.07. The standard InChI is InChI=1S/C16H15N3/c1-12-7-8-14(19-10-9-18-16(19)17)11-15(12)13-5-3-2-4-6-13/h2-11H,1H3,(H2,17,18). The summed E-state index contributed by atoms with van der Waals surface area (Å²) in [4.78, 5) is 4.06. The number of nitrogen functional groups attached to an aromatic ring is 1. The van der Waals surface area contributed by atoms with Crippen LogP contribution in [0.3, 0.4) is 0 Å². The Morgan fingerprint density at radius 3 is 2.53 bits per heavy atom. The van der Waals surface area contributed by atoms with E-state index < -0.39 is 0 Å². The lowest BCUT2D eigenvalue weighted by atomic mass is 10.00. The number of imidazole rings is 1. The molecule has 1 heterocycles. The molecule has 0 spiro atoms. The first-order valence-corrected chi connectivity index (χ1v) is 6.21. The van der Waals surface area contributed by atoms with Crippen LogP contribution >= 0.6 is 0 Å². The Hall–Kier alpha value is -2.55. The first kappa shape index (κ1) is 11.5. The summed E-state index contributed by atoms with van der Waals surface area (Å²) in [7, 11) is 0. The van der Waals surface area contributed by atoms with E-state index in [9.17, 15) is 0 Å². The SMILES string of the molecule is Cc1ccc(-n2ccnc2N)cc1-c1ccccc1. The first-order chi connectivity index (χ1) is 9.25. The van der Waals surface area contributed by atoms with E-state index in [1.165, 1.54) is 16.7 Å². The van der Waals surface area contributed by atoms with Crippen molar-refractivity contribution in [2.45, 2.75) is 6.92 Å². The molecule has 0 unspecified atom stereocenters. The van der Waals surface area contributed by atoms with Gasteiger partial charge in [-0.25, -0.2) is 4.98 Å². The number of rotatable bonds is 2. The maximum atomic E-state index is 5.85. The molecule has 0 fully saturated rings. The number of nitrogens with zero attached hydrogens (tertiary/aromatic N) is 2. The van der Waals surface area contributed by atoms with Crippen LogP contribution in [0.15, 0.2) is 60.9 Å². The lowest BCUT2D eigenvalue weighted by Gasteiger charge is -2.10. The Bertz CT molecular complexity index is 699. The molecule has 3 rings (SSSR count). The molecule has 3 nitrogen and oxygen atoms in total. The molecule has 2 N–H and O–H groups in total. The largest absolute Gasteiger partial charge is 0.369 e. The zero-order valence-corrected chi connectivity index (χ0v) is 10.7. The topological polar surface area (TPSA) is 43.8 Å².